The Kier molecular flexibility index (Phi) is 3.57. The average molecular weight is 309 g/mol. The van der Waals surface area contributed by atoms with Gasteiger partial charge in [-0.25, -0.2) is 4.98 Å². The minimum atomic E-state index is 0.594. The fourth-order valence-corrected chi connectivity index (χ4v) is 3.04. The van der Waals surface area contributed by atoms with Gasteiger partial charge in [0.1, 0.15) is 24.5 Å². The summed E-state index contributed by atoms with van der Waals surface area (Å²) in [5.41, 5.74) is 3.81. The van der Waals surface area contributed by atoms with E-state index in [0.29, 0.717) is 18.9 Å². The molecule has 23 heavy (non-hydrogen) atoms. The summed E-state index contributed by atoms with van der Waals surface area (Å²) in [6.07, 6.45) is 5.14. The second-order valence-electron chi connectivity index (χ2n) is 5.81. The van der Waals surface area contributed by atoms with Crippen LogP contribution in [-0.2, 0) is 12.8 Å². The monoisotopic (exact) mass is 309 g/mol. The van der Waals surface area contributed by atoms with Crippen LogP contribution in [0.25, 0.3) is 5.78 Å². The van der Waals surface area contributed by atoms with Crippen LogP contribution < -0.4 is 10.1 Å². The molecule has 2 aromatic heterocycles. The first-order valence-corrected chi connectivity index (χ1v) is 7.95. The van der Waals surface area contributed by atoms with Crippen LogP contribution in [0.15, 0.2) is 30.6 Å². The summed E-state index contributed by atoms with van der Waals surface area (Å²) in [5.74, 6) is 2.43. The van der Waals surface area contributed by atoms with Gasteiger partial charge in [-0.05, 0) is 49.4 Å². The van der Waals surface area contributed by atoms with Gasteiger partial charge >= 0.3 is 0 Å². The summed E-state index contributed by atoms with van der Waals surface area (Å²) >= 11 is 0. The van der Waals surface area contributed by atoms with Gasteiger partial charge < -0.3 is 10.1 Å². The second-order valence-corrected chi connectivity index (χ2v) is 5.81. The van der Waals surface area contributed by atoms with Gasteiger partial charge in [0.15, 0.2) is 0 Å². The molecule has 0 unspecified atom stereocenters. The van der Waals surface area contributed by atoms with Crippen LogP contribution in [-0.4, -0.2) is 32.7 Å². The number of rotatable bonds is 5. The smallest absolute Gasteiger partial charge is 0.254 e. The highest BCUT2D eigenvalue weighted by atomic mass is 16.5. The van der Waals surface area contributed by atoms with E-state index in [-0.39, 0.29) is 0 Å². The molecule has 2 heterocycles. The highest BCUT2D eigenvalue weighted by molar-refractivity contribution is 5.44. The molecule has 0 spiro atoms. The molecule has 0 radical (unpaired) electrons. The van der Waals surface area contributed by atoms with Gasteiger partial charge in [-0.3, -0.25) is 0 Å². The number of aryl methyl sites for hydroxylation is 3. The number of ether oxygens (including phenoxy) is 1. The summed E-state index contributed by atoms with van der Waals surface area (Å²) in [4.78, 5) is 8.44. The highest BCUT2D eigenvalue weighted by Crippen LogP contribution is 2.25. The maximum absolute atomic E-state index is 5.85. The van der Waals surface area contributed by atoms with Gasteiger partial charge in [-0.15, -0.1) is 0 Å². The van der Waals surface area contributed by atoms with Crippen LogP contribution in [0.2, 0.25) is 0 Å². The van der Waals surface area contributed by atoms with E-state index in [4.69, 9.17) is 4.74 Å². The van der Waals surface area contributed by atoms with Crippen LogP contribution >= 0.6 is 0 Å². The molecule has 1 N–H and O–H groups in total. The number of hydrogen-bond donors (Lipinski definition) is 1. The first-order chi connectivity index (χ1) is 11.3. The molecular weight excluding hydrogens is 290 g/mol. The van der Waals surface area contributed by atoms with E-state index in [9.17, 15) is 0 Å². The van der Waals surface area contributed by atoms with E-state index in [0.717, 1.165) is 17.3 Å². The molecule has 0 amide bonds. The van der Waals surface area contributed by atoms with Crippen molar-refractivity contribution in [1.29, 1.82) is 0 Å². The Balaban J connectivity index is 1.37. The highest BCUT2D eigenvalue weighted by Gasteiger charge is 2.11. The van der Waals surface area contributed by atoms with Crippen molar-refractivity contribution in [2.24, 2.45) is 0 Å². The molecule has 1 aliphatic carbocycles. The number of benzene rings is 1. The Hall–Kier alpha value is -2.63. The molecule has 0 bridgehead atoms. The maximum Gasteiger partial charge on any atom is 0.254 e. The first-order valence-electron chi connectivity index (χ1n) is 7.95. The fraction of sp³-hybridized carbons (Fsp3) is 0.353. The Morgan fingerprint density at radius 2 is 2.13 bits per heavy atom. The molecule has 0 aliphatic heterocycles. The number of hydrogen-bond acceptors (Lipinski definition) is 5. The molecule has 0 atom stereocenters. The van der Waals surface area contributed by atoms with E-state index in [1.54, 1.807) is 4.52 Å². The van der Waals surface area contributed by atoms with E-state index >= 15 is 0 Å². The van der Waals surface area contributed by atoms with Gasteiger partial charge in [0.25, 0.3) is 5.78 Å². The van der Waals surface area contributed by atoms with Crippen LogP contribution in [0.4, 0.5) is 5.82 Å². The van der Waals surface area contributed by atoms with E-state index in [1.807, 2.05) is 13.0 Å². The summed E-state index contributed by atoms with van der Waals surface area (Å²) in [6.45, 7) is 3.23. The molecule has 6 heteroatoms. The van der Waals surface area contributed by atoms with Gasteiger partial charge in [-0.2, -0.15) is 14.6 Å². The Morgan fingerprint density at radius 1 is 1.22 bits per heavy atom. The minimum absolute atomic E-state index is 0.594. The lowest BCUT2D eigenvalue weighted by Crippen LogP contribution is -2.14. The van der Waals surface area contributed by atoms with Crippen LogP contribution in [0.1, 0.15) is 23.2 Å². The Morgan fingerprint density at radius 3 is 3.09 bits per heavy atom. The maximum atomic E-state index is 5.85. The predicted molar refractivity (Wildman–Crippen MR) is 88.0 cm³/mol. The minimum Gasteiger partial charge on any atom is -0.492 e. The number of anilines is 1. The summed E-state index contributed by atoms with van der Waals surface area (Å²) in [6, 6.07) is 8.39. The van der Waals surface area contributed by atoms with E-state index in [2.05, 4.69) is 38.6 Å². The lowest BCUT2D eigenvalue weighted by molar-refractivity contribution is 0.332. The van der Waals surface area contributed by atoms with Crippen molar-refractivity contribution in [1.82, 2.24) is 19.6 Å². The van der Waals surface area contributed by atoms with Crippen molar-refractivity contribution in [2.45, 2.75) is 26.2 Å². The van der Waals surface area contributed by atoms with Crippen LogP contribution in [0.3, 0.4) is 0 Å². The van der Waals surface area contributed by atoms with Crippen molar-refractivity contribution in [2.75, 3.05) is 18.5 Å². The van der Waals surface area contributed by atoms with Crippen molar-refractivity contribution >= 4 is 11.6 Å². The molecule has 6 nitrogen and oxygen atoms in total. The molecular formula is C17H19N5O. The zero-order chi connectivity index (χ0) is 15.6. The average Bonchev–Trinajstić information content (AvgIpc) is 3.19. The largest absolute Gasteiger partial charge is 0.492 e. The third-order valence-electron chi connectivity index (χ3n) is 4.13. The predicted octanol–water partition coefficient (Wildman–Crippen LogP) is 2.41. The van der Waals surface area contributed by atoms with E-state index in [1.165, 1.54) is 36.7 Å². The molecule has 4 rings (SSSR count). The molecule has 0 saturated heterocycles. The number of nitrogens with zero attached hydrogens (tertiary/aromatic N) is 4. The molecule has 118 valence electrons. The second kappa shape index (κ2) is 5.87. The standard InChI is InChI=1S/C17H19N5O/c1-12-9-16(22-17(21-12)19-11-20-22)18-7-8-23-15-6-5-13-3-2-4-14(13)10-15/h5-6,9-11,18H,2-4,7-8H2,1H3. The SMILES string of the molecule is Cc1cc(NCCOc2ccc3c(c2)CCC3)n2ncnc2n1. The van der Waals surface area contributed by atoms with Crippen LogP contribution in [0.5, 0.6) is 5.75 Å². The zero-order valence-corrected chi connectivity index (χ0v) is 13.1. The Bertz CT molecular complexity index is 842. The lowest BCUT2D eigenvalue weighted by atomic mass is 10.1. The van der Waals surface area contributed by atoms with Gasteiger partial charge in [0, 0.05) is 11.8 Å². The normalized spacial score (nSPS) is 13.3. The summed E-state index contributed by atoms with van der Waals surface area (Å²) in [5, 5.41) is 7.51. The molecule has 1 aromatic carbocycles. The summed E-state index contributed by atoms with van der Waals surface area (Å²) < 4.78 is 7.55. The van der Waals surface area contributed by atoms with Gasteiger partial charge in [0.05, 0.1) is 6.54 Å². The molecule has 1 aliphatic rings. The molecule has 0 saturated carbocycles. The molecule has 0 fully saturated rings. The lowest BCUT2D eigenvalue weighted by Gasteiger charge is -2.11. The Labute approximate surface area is 134 Å². The number of fused-ring (bicyclic) bond motifs is 2. The fourth-order valence-electron chi connectivity index (χ4n) is 3.04. The van der Waals surface area contributed by atoms with Gasteiger partial charge in [-0.1, -0.05) is 6.07 Å². The topological polar surface area (TPSA) is 64.3 Å². The van der Waals surface area contributed by atoms with Crippen molar-refractivity contribution in [3.63, 3.8) is 0 Å². The van der Waals surface area contributed by atoms with Crippen molar-refractivity contribution < 1.29 is 4.74 Å². The zero-order valence-electron chi connectivity index (χ0n) is 13.1. The van der Waals surface area contributed by atoms with Crippen molar-refractivity contribution in [3.8, 4) is 5.75 Å². The van der Waals surface area contributed by atoms with Gasteiger partial charge in [0.2, 0.25) is 0 Å². The summed E-state index contributed by atoms with van der Waals surface area (Å²) in [7, 11) is 0. The third-order valence-corrected chi connectivity index (χ3v) is 4.13. The third kappa shape index (κ3) is 2.84. The number of nitrogens with one attached hydrogen (secondary N) is 1. The van der Waals surface area contributed by atoms with Crippen molar-refractivity contribution in [3.05, 3.63) is 47.4 Å². The number of aromatic nitrogens is 4. The van der Waals surface area contributed by atoms with Crippen LogP contribution in [0, 0.1) is 6.92 Å². The quantitative estimate of drug-likeness (QED) is 0.733. The van der Waals surface area contributed by atoms with E-state index < -0.39 is 0 Å². The molecule has 3 aromatic rings. The first kappa shape index (κ1) is 14.0.